The summed E-state index contributed by atoms with van der Waals surface area (Å²) >= 11 is 1.40. The minimum atomic E-state index is -0.306. The van der Waals surface area contributed by atoms with E-state index in [1.165, 1.54) is 11.3 Å². The number of nitrogens with zero attached hydrogens (tertiary/aromatic N) is 2. The molecule has 1 unspecified atom stereocenters. The maximum atomic E-state index is 12.2. The van der Waals surface area contributed by atoms with E-state index in [-0.39, 0.29) is 17.9 Å². The maximum absolute atomic E-state index is 12.2. The topological polar surface area (TPSA) is 62.3 Å². The van der Waals surface area contributed by atoms with Crippen molar-refractivity contribution < 1.29 is 9.59 Å². The van der Waals surface area contributed by atoms with Gasteiger partial charge in [0.25, 0.3) is 5.91 Å². The molecule has 0 bridgehead atoms. The molecule has 2 heterocycles. The van der Waals surface area contributed by atoms with Gasteiger partial charge in [-0.05, 0) is 25.7 Å². The standard InChI is InChI=1S/C12H15N3O2S/c16-11(14-8-3-4-8)10-2-1-5-15(10)12(17)9-6-18-7-13-9/h6-8,10H,1-5H2,(H,14,16). The summed E-state index contributed by atoms with van der Waals surface area (Å²) in [6.45, 7) is 0.652. The average Bonchev–Trinajstić information content (AvgIpc) is 2.91. The molecule has 0 spiro atoms. The summed E-state index contributed by atoms with van der Waals surface area (Å²) in [5.74, 6) is -0.122. The second-order valence-electron chi connectivity index (χ2n) is 4.81. The van der Waals surface area contributed by atoms with Crippen LogP contribution in [-0.4, -0.2) is 40.3 Å². The fraction of sp³-hybridized carbons (Fsp3) is 0.583. The molecule has 1 aromatic heterocycles. The largest absolute Gasteiger partial charge is 0.352 e. The molecule has 2 aliphatic rings. The molecular formula is C12H15N3O2S. The van der Waals surface area contributed by atoms with Gasteiger partial charge in [0.1, 0.15) is 11.7 Å². The highest BCUT2D eigenvalue weighted by molar-refractivity contribution is 7.07. The molecule has 6 heteroatoms. The molecule has 18 heavy (non-hydrogen) atoms. The number of amides is 2. The van der Waals surface area contributed by atoms with Crippen molar-refractivity contribution in [3.63, 3.8) is 0 Å². The lowest BCUT2D eigenvalue weighted by Crippen LogP contribution is -2.46. The molecule has 1 saturated carbocycles. The van der Waals surface area contributed by atoms with Crippen molar-refractivity contribution in [1.29, 1.82) is 0 Å². The number of aromatic nitrogens is 1. The smallest absolute Gasteiger partial charge is 0.274 e. The molecule has 1 N–H and O–H groups in total. The average molecular weight is 265 g/mol. The summed E-state index contributed by atoms with van der Waals surface area (Å²) in [4.78, 5) is 30.0. The first-order valence-electron chi connectivity index (χ1n) is 6.25. The van der Waals surface area contributed by atoms with E-state index in [2.05, 4.69) is 10.3 Å². The first-order chi connectivity index (χ1) is 8.75. The monoisotopic (exact) mass is 265 g/mol. The van der Waals surface area contributed by atoms with Crippen LogP contribution < -0.4 is 5.32 Å². The van der Waals surface area contributed by atoms with Gasteiger partial charge in [-0.3, -0.25) is 9.59 Å². The Morgan fingerprint density at radius 1 is 1.39 bits per heavy atom. The van der Waals surface area contributed by atoms with Gasteiger partial charge in [-0.1, -0.05) is 0 Å². The van der Waals surface area contributed by atoms with E-state index in [1.54, 1.807) is 15.8 Å². The number of thiazole rings is 1. The van der Waals surface area contributed by atoms with Crippen LogP contribution in [0.5, 0.6) is 0 Å². The van der Waals surface area contributed by atoms with Gasteiger partial charge in [0.2, 0.25) is 5.91 Å². The highest BCUT2D eigenvalue weighted by Crippen LogP contribution is 2.23. The second-order valence-corrected chi connectivity index (χ2v) is 5.53. The fourth-order valence-corrected chi connectivity index (χ4v) is 2.80. The van der Waals surface area contributed by atoms with E-state index in [9.17, 15) is 9.59 Å². The number of hydrogen-bond acceptors (Lipinski definition) is 4. The highest BCUT2D eigenvalue weighted by Gasteiger charge is 2.37. The van der Waals surface area contributed by atoms with Gasteiger partial charge in [-0.15, -0.1) is 11.3 Å². The first-order valence-corrected chi connectivity index (χ1v) is 7.19. The predicted octanol–water partition coefficient (Wildman–Crippen LogP) is 1.03. The second kappa shape index (κ2) is 4.68. The SMILES string of the molecule is O=C(NC1CC1)C1CCCN1C(=O)c1cscn1. The van der Waals surface area contributed by atoms with Crippen LogP contribution in [0.2, 0.25) is 0 Å². The molecule has 2 fully saturated rings. The Bertz CT molecular complexity index is 456. The Labute approximate surface area is 109 Å². The Balaban J connectivity index is 1.70. The van der Waals surface area contributed by atoms with E-state index in [0.29, 0.717) is 18.3 Å². The normalized spacial score (nSPS) is 23.1. The number of nitrogens with one attached hydrogen (secondary N) is 1. The van der Waals surface area contributed by atoms with Crippen LogP contribution in [0.1, 0.15) is 36.2 Å². The summed E-state index contributed by atoms with van der Waals surface area (Å²) in [6, 6.07) is 0.0362. The summed E-state index contributed by atoms with van der Waals surface area (Å²) in [7, 11) is 0. The number of carbonyl (C=O) groups excluding carboxylic acids is 2. The van der Waals surface area contributed by atoms with Crippen molar-refractivity contribution in [1.82, 2.24) is 15.2 Å². The van der Waals surface area contributed by atoms with Gasteiger partial charge in [-0.25, -0.2) is 4.98 Å². The van der Waals surface area contributed by atoms with Gasteiger partial charge in [-0.2, -0.15) is 0 Å². The molecule has 5 nitrogen and oxygen atoms in total. The lowest BCUT2D eigenvalue weighted by Gasteiger charge is -2.23. The fourth-order valence-electron chi connectivity index (χ4n) is 2.27. The van der Waals surface area contributed by atoms with Crippen molar-refractivity contribution in [3.05, 3.63) is 16.6 Å². The number of hydrogen-bond donors (Lipinski definition) is 1. The van der Waals surface area contributed by atoms with Crippen LogP contribution in [-0.2, 0) is 4.79 Å². The first kappa shape index (κ1) is 11.6. The van der Waals surface area contributed by atoms with Gasteiger partial charge in [0.15, 0.2) is 0 Å². The number of likely N-dealkylation sites (tertiary alicyclic amines) is 1. The zero-order chi connectivity index (χ0) is 12.5. The number of rotatable bonds is 3. The zero-order valence-electron chi connectivity index (χ0n) is 9.96. The van der Waals surface area contributed by atoms with E-state index in [4.69, 9.17) is 0 Å². The molecule has 96 valence electrons. The quantitative estimate of drug-likeness (QED) is 0.887. The molecule has 1 aliphatic heterocycles. The van der Waals surface area contributed by atoms with Crippen molar-refractivity contribution >= 4 is 23.2 Å². The highest BCUT2D eigenvalue weighted by atomic mass is 32.1. The van der Waals surface area contributed by atoms with Crippen LogP contribution in [0.4, 0.5) is 0 Å². The Kier molecular flexibility index (Phi) is 3.03. The van der Waals surface area contributed by atoms with Crippen LogP contribution in [0, 0.1) is 0 Å². The minimum Gasteiger partial charge on any atom is -0.352 e. The zero-order valence-corrected chi connectivity index (χ0v) is 10.8. The third-order valence-electron chi connectivity index (χ3n) is 3.39. The van der Waals surface area contributed by atoms with Gasteiger partial charge < -0.3 is 10.2 Å². The van der Waals surface area contributed by atoms with Gasteiger partial charge in [0.05, 0.1) is 5.51 Å². The molecule has 1 saturated heterocycles. The Hall–Kier alpha value is -1.43. The summed E-state index contributed by atoms with van der Waals surface area (Å²) in [5, 5.41) is 4.71. The minimum absolute atomic E-state index is 0.00132. The molecule has 0 aromatic carbocycles. The lowest BCUT2D eigenvalue weighted by atomic mass is 10.2. The molecule has 1 atom stereocenters. The predicted molar refractivity (Wildman–Crippen MR) is 67.3 cm³/mol. The molecule has 1 aliphatic carbocycles. The van der Waals surface area contributed by atoms with E-state index < -0.39 is 0 Å². The van der Waals surface area contributed by atoms with E-state index in [0.717, 1.165) is 25.7 Å². The van der Waals surface area contributed by atoms with E-state index >= 15 is 0 Å². The molecule has 2 amide bonds. The third-order valence-corrected chi connectivity index (χ3v) is 3.98. The maximum Gasteiger partial charge on any atom is 0.274 e. The van der Waals surface area contributed by atoms with E-state index in [1.807, 2.05) is 0 Å². The van der Waals surface area contributed by atoms with Crippen molar-refractivity contribution in [2.45, 2.75) is 37.8 Å². The third kappa shape index (κ3) is 2.25. The number of carbonyl (C=O) groups is 2. The van der Waals surface area contributed by atoms with Crippen LogP contribution in [0.3, 0.4) is 0 Å². The Morgan fingerprint density at radius 2 is 2.22 bits per heavy atom. The van der Waals surface area contributed by atoms with Crippen LogP contribution in [0.25, 0.3) is 0 Å². The molecular weight excluding hydrogens is 250 g/mol. The van der Waals surface area contributed by atoms with Gasteiger partial charge in [0, 0.05) is 18.0 Å². The van der Waals surface area contributed by atoms with Crippen LogP contribution in [0.15, 0.2) is 10.9 Å². The molecule has 1 aromatic rings. The molecule has 3 rings (SSSR count). The van der Waals surface area contributed by atoms with Crippen molar-refractivity contribution in [2.75, 3.05) is 6.54 Å². The molecule has 0 radical (unpaired) electrons. The van der Waals surface area contributed by atoms with Gasteiger partial charge >= 0.3 is 0 Å². The summed E-state index contributed by atoms with van der Waals surface area (Å²) < 4.78 is 0. The Morgan fingerprint density at radius 3 is 2.89 bits per heavy atom. The lowest BCUT2D eigenvalue weighted by molar-refractivity contribution is -0.125. The van der Waals surface area contributed by atoms with Crippen molar-refractivity contribution in [3.8, 4) is 0 Å². The van der Waals surface area contributed by atoms with Crippen LogP contribution >= 0.6 is 11.3 Å². The van der Waals surface area contributed by atoms with Crippen molar-refractivity contribution in [2.24, 2.45) is 0 Å². The summed E-state index contributed by atoms with van der Waals surface area (Å²) in [6.07, 6.45) is 3.78. The summed E-state index contributed by atoms with van der Waals surface area (Å²) in [5.41, 5.74) is 2.09.